The van der Waals surface area contributed by atoms with Crippen molar-refractivity contribution in [1.82, 2.24) is 4.90 Å². The maximum absolute atomic E-state index is 11.7. The van der Waals surface area contributed by atoms with Crippen molar-refractivity contribution in [3.05, 3.63) is 39.9 Å². The lowest BCUT2D eigenvalue weighted by Gasteiger charge is -2.13. The number of benzene rings is 1. The van der Waals surface area contributed by atoms with E-state index in [9.17, 15) is 14.9 Å². The Morgan fingerprint density at radius 2 is 2.16 bits per heavy atom. The van der Waals surface area contributed by atoms with Gasteiger partial charge in [0.2, 0.25) is 6.10 Å². The Hall–Kier alpha value is -2.44. The lowest BCUT2D eigenvalue weighted by atomic mass is 10.0. The van der Waals surface area contributed by atoms with Crippen LogP contribution < -0.4 is 0 Å². The van der Waals surface area contributed by atoms with E-state index in [-0.39, 0.29) is 18.0 Å². The quantitative estimate of drug-likeness (QED) is 0.605. The van der Waals surface area contributed by atoms with E-state index in [1.54, 1.807) is 32.3 Å². The lowest BCUT2D eigenvalue weighted by molar-refractivity contribution is -0.385. The van der Waals surface area contributed by atoms with Crippen molar-refractivity contribution in [2.45, 2.75) is 12.5 Å². The number of likely N-dealkylation sites (N-methyl/N-ethyl adjacent to an activating group) is 1. The Morgan fingerprint density at radius 1 is 1.47 bits per heavy atom. The molecule has 0 spiro atoms. The van der Waals surface area contributed by atoms with Gasteiger partial charge in [-0.2, -0.15) is 0 Å². The van der Waals surface area contributed by atoms with Gasteiger partial charge < -0.3 is 9.74 Å². The molecule has 0 aromatic heterocycles. The van der Waals surface area contributed by atoms with E-state index in [0.29, 0.717) is 11.3 Å². The molecule has 2 rings (SSSR count). The van der Waals surface area contributed by atoms with Crippen molar-refractivity contribution >= 4 is 17.3 Å². The number of hydrogen-bond donors (Lipinski definition) is 0. The number of hydrogen-bond acceptors (Lipinski definition) is 5. The highest BCUT2D eigenvalue weighted by Gasteiger charge is 2.32. The molecule has 7 heteroatoms. The predicted molar refractivity (Wildman–Crippen MR) is 67.8 cm³/mol. The van der Waals surface area contributed by atoms with Crippen LogP contribution in [0.15, 0.2) is 29.4 Å². The highest BCUT2D eigenvalue weighted by Crippen LogP contribution is 2.24. The Morgan fingerprint density at radius 3 is 2.79 bits per heavy atom. The minimum Gasteiger partial charge on any atom is -0.382 e. The third kappa shape index (κ3) is 2.54. The molecule has 0 bridgehead atoms. The zero-order valence-corrected chi connectivity index (χ0v) is 10.6. The summed E-state index contributed by atoms with van der Waals surface area (Å²) in [7, 11) is 3.24. The SMILES string of the molecule is CN(C)C(=O)[C@H]1CC(c2ccccc2[N+](=O)[O-])=NO1. The van der Waals surface area contributed by atoms with E-state index in [4.69, 9.17) is 4.84 Å². The molecule has 0 saturated heterocycles. The number of oxime groups is 1. The van der Waals surface area contributed by atoms with Gasteiger partial charge in [-0.1, -0.05) is 17.3 Å². The normalized spacial score (nSPS) is 17.6. The van der Waals surface area contributed by atoms with Gasteiger partial charge in [-0.05, 0) is 6.07 Å². The second-order valence-electron chi connectivity index (χ2n) is 4.34. The van der Waals surface area contributed by atoms with Gasteiger partial charge in [0.25, 0.3) is 11.6 Å². The molecule has 1 atom stereocenters. The summed E-state index contributed by atoms with van der Waals surface area (Å²) < 4.78 is 0. The summed E-state index contributed by atoms with van der Waals surface area (Å²) in [5, 5.41) is 14.7. The fraction of sp³-hybridized carbons (Fsp3) is 0.333. The van der Waals surface area contributed by atoms with Gasteiger partial charge in [-0.15, -0.1) is 0 Å². The topological polar surface area (TPSA) is 85.0 Å². The van der Waals surface area contributed by atoms with Crippen LogP contribution in [-0.4, -0.2) is 41.6 Å². The summed E-state index contributed by atoms with van der Waals surface area (Å²) in [6.07, 6.45) is -0.466. The lowest BCUT2D eigenvalue weighted by Crippen LogP contribution is -2.33. The van der Waals surface area contributed by atoms with Crippen LogP contribution in [0.1, 0.15) is 12.0 Å². The van der Waals surface area contributed by atoms with Gasteiger partial charge in [-0.25, -0.2) is 0 Å². The van der Waals surface area contributed by atoms with Crippen LogP contribution in [0.25, 0.3) is 0 Å². The Balaban J connectivity index is 2.22. The van der Waals surface area contributed by atoms with Crippen molar-refractivity contribution in [3.8, 4) is 0 Å². The highest BCUT2D eigenvalue weighted by molar-refractivity contribution is 6.06. The molecule has 0 aliphatic carbocycles. The first-order valence-corrected chi connectivity index (χ1v) is 5.68. The number of carbonyl (C=O) groups excluding carboxylic acids is 1. The minimum absolute atomic E-state index is 0.0391. The second kappa shape index (κ2) is 5.05. The van der Waals surface area contributed by atoms with Crippen LogP contribution in [0.5, 0.6) is 0 Å². The summed E-state index contributed by atoms with van der Waals surface area (Å²) in [6.45, 7) is 0. The molecule has 1 aliphatic heterocycles. The van der Waals surface area contributed by atoms with Crippen molar-refractivity contribution in [2.75, 3.05) is 14.1 Å². The average molecular weight is 263 g/mol. The monoisotopic (exact) mass is 263 g/mol. The predicted octanol–water partition coefficient (Wildman–Crippen LogP) is 1.18. The molecule has 19 heavy (non-hydrogen) atoms. The number of amides is 1. The molecule has 1 aromatic rings. The van der Waals surface area contributed by atoms with E-state index >= 15 is 0 Å². The zero-order valence-electron chi connectivity index (χ0n) is 10.6. The van der Waals surface area contributed by atoms with Crippen molar-refractivity contribution in [1.29, 1.82) is 0 Å². The van der Waals surface area contributed by atoms with Gasteiger partial charge in [0, 0.05) is 26.6 Å². The largest absolute Gasteiger partial charge is 0.382 e. The third-order valence-corrected chi connectivity index (χ3v) is 2.80. The van der Waals surface area contributed by atoms with Crippen molar-refractivity contribution in [3.63, 3.8) is 0 Å². The smallest absolute Gasteiger partial charge is 0.278 e. The first kappa shape index (κ1) is 13.0. The van der Waals surface area contributed by atoms with Crippen molar-refractivity contribution < 1.29 is 14.6 Å². The maximum atomic E-state index is 11.7. The number of nitro benzene ring substituents is 1. The van der Waals surface area contributed by atoms with E-state index in [1.165, 1.54) is 11.0 Å². The zero-order chi connectivity index (χ0) is 14.0. The molecule has 1 aliphatic rings. The molecule has 0 fully saturated rings. The molecule has 1 aromatic carbocycles. The number of rotatable bonds is 3. The first-order valence-electron chi connectivity index (χ1n) is 5.68. The van der Waals surface area contributed by atoms with Crippen LogP contribution >= 0.6 is 0 Å². The summed E-state index contributed by atoms with van der Waals surface area (Å²) in [5.41, 5.74) is 0.775. The average Bonchev–Trinajstić information content (AvgIpc) is 2.87. The standard InChI is InChI=1S/C12H13N3O4/c1-14(2)12(16)11-7-9(13-19-11)8-5-3-4-6-10(8)15(17)18/h3-6,11H,7H2,1-2H3/t11-/m1/s1. The highest BCUT2D eigenvalue weighted by atomic mass is 16.6. The fourth-order valence-corrected chi connectivity index (χ4v) is 1.83. The molecule has 7 nitrogen and oxygen atoms in total. The van der Waals surface area contributed by atoms with Crippen LogP contribution in [0.4, 0.5) is 5.69 Å². The second-order valence-corrected chi connectivity index (χ2v) is 4.34. The molecule has 1 heterocycles. The number of nitro groups is 1. The molecular weight excluding hydrogens is 250 g/mol. The molecule has 1 amide bonds. The van der Waals surface area contributed by atoms with E-state index in [2.05, 4.69) is 5.16 Å². The van der Waals surface area contributed by atoms with Gasteiger partial charge in [-0.3, -0.25) is 14.9 Å². The van der Waals surface area contributed by atoms with Gasteiger partial charge in [0.15, 0.2) is 0 Å². The van der Waals surface area contributed by atoms with Crippen LogP contribution in [0.3, 0.4) is 0 Å². The van der Waals surface area contributed by atoms with E-state index in [1.807, 2.05) is 0 Å². The Bertz CT molecular complexity index is 554. The summed E-state index contributed by atoms with van der Waals surface area (Å²) >= 11 is 0. The molecular formula is C12H13N3O4. The first-order chi connectivity index (χ1) is 9.00. The summed E-state index contributed by atoms with van der Waals surface area (Å²) in [5.74, 6) is -0.211. The molecule has 0 N–H and O–H groups in total. The van der Waals surface area contributed by atoms with E-state index < -0.39 is 11.0 Å². The van der Waals surface area contributed by atoms with Crippen molar-refractivity contribution in [2.24, 2.45) is 5.16 Å². The van der Waals surface area contributed by atoms with Gasteiger partial charge in [0.05, 0.1) is 16.2 Å². The van der Waals surface area contributed by atoms with Crippen LogP contribution in [0, 0.1) is 10.1 Å². The van der Waals surface area contributed by atoms with Gasteiger partial charge >= 0.3 is 0 Å². The Kier molecular flexibility index (Phi) is 3.46. The maximum Gasteiger partial charge on any atom is 0.278 e. The van der Waals surface area contributed by atoms with E-state index in [0.717, 1.165) is 0 Å². The number of nitrogens with zero attached hydrogens (tertiary/aromatic N) is 3. The van der Waals surface area contributed by atoms with Crippen LogP contribution in [-0.2, 0) is 9.63 Å². The molecule has 0 saturated carbocycles. The number of carbonyl (C=O) groups is 1. The molecule has 100 valence electrons. The minimum atomic E-state index is -0.704. The number of para-hydroxylation sites is 1. The Labute approximate surface area is 109 Å². The molecule has 0 unspecified atom stereocenters. The summed E-state index contributed by atoms with van der Waals surface area (Å²) in [6, 6.07) is 6.27. The molecule has 0 radical (unpaired) electrons. The summed E-state index contributed by atoms with van der Waals surface area (Å²) in [4.78, 5) is 28.7. The third-order valence-electron chi connectivity index (χ3n) is 2.80. The van der Waals surface area contributed by atoms with Crippen LogP contribution in [0.2, 0.25) is 0 Å². The fourth-order valence-electron chi connectivity index (χ4n) is 1.83. The van der Waals surface area contributed by atoms with Gasteiger partial charge in [0.1, 0.15) is 0 Å².